The number of ether oxygens (including phenoxy) is 1. The summed E-state index contributed by atoms with van der Waals surface area (Å²) in [5.74, 6) is 1.54. The highest BCUT2D eigenvalue weighted by Gasteiger charge is 2.14. The first kappa shape index (κ1) is 18.0. The molecule has 4 rings (SSSR count). The van der Waals surface area contributed by atoms with Gasteiger partial charge in [-0.1, -0.05) is 35.3 Å². The van der Waals surface area contributed by atoms with Crippen molar-refractivity contribution >= 4 is 56.3 Å². The van der Waals surface area contributed by atoms with E-state index in [1.54, 1.807) is 35.9 Å². The Morgan fingerprint density at radius 1 is 1.07 bits per heavy atom. The van der Waals surface area contributed by atoms with Crippen LogP contribution in [0.2, 0.25) is 10.0 Å². The summed E-state index contributed by atoms with van der Waals surface area (Å²) in [6.07, 6.45) is 1.54. The number of hydrogen-bond acceptors (Lipinski definition) is 5. The first-order chi connectivity index (χ1) is 13.2. The first-order valence-corrected chi connectivity index (χ1v) is 9.96. The standard InChI is InChI=1S/C20H15Cl2N3OS/c1-2-26-14-6-3-12(4-7-14)15-10-27-20-18(15)19(23-11-24-20)25-17-9-13(21)5-8-16(17)22/h3-11H,2H2,1H3,(H,23,24,25). The summed E-state index contributed by atoms with van der Waals surface area (Å²) in [5, 5.41) is 7.50. The summed E-state index contributed by atoms with van der Waals surface area (Å²) in [5.41, 5.74) is 2.83. The largest absolute Gasteiger partial charge is 0.494 e. The second-order valence-electron chi connectivity index (χ2n) is 5.76. The monoisotopic (exact) mass is 415 g/mol. The normalized spacial score (nSPS) is 10.9. The lowest BCUT2D eigenvalue weighted by atomic mass is 10.1. The van der Waals surface area contributed by atoms with Crippen molar-refractivity contribution in [2.75, 3.05) is 11.9 Å². The lowest BCUT2D eigenvalue weighted by Crippen LogP contribution is -1.96. The molecular weight excluding hydrogens is 401 g/mol. The third kappa shape index (κ3) is 3.72. The minimum Gasteiger partial charge on any atom is -0.494 e. The van der Waals surface area contributed by atoms with Crippen LogP contribution >= 0.6 is 34.5 Å². The molecule has 7 heteroatoms. The van der Waals surface area contributed by atoms with Gasteiger partial charge in [0.1, 0.15) is 22.7 Å². The zero-order valence-electron chi connectivity index (χ0n) is 14.4. The van der Waals surface area contributed by atoms with Gasteiger partial charge in [0.05, 0.1) is 22.7 Å². The highest BCUT2D eigenvalue weighted by Crippen LogP contribution is 2.39. The third-order valence-electron chi connectivity index (χ3n) is 4.03. The van der Waals surface area contributed by atoms with Crippen LogP contribution in [-0.4, -0.2) is 16.6 Å². The molecule has 0 fully saturated rings. The van der Waals surface area contributed by atoms with E-state index < -0.39 is 0 Å². The zero-order valence-corrected chi connectivity index (χ0v) is 16.7. The molecule has 0 bridgehead atoms. The average molecular weight is 416 g/mol. The molecule has 2 aromatic carbocycles. The van der Waals surface area contributed by atoms with Crippen molar-refractivity contribution in [3.8, 4) is 16.9 Å². The van der Waals surface area contributed by atoms with Crippen LogP contribution in [-0.2, 0) is 0 Å². The summed E-state index contributed by atoms with van der Waals surface area (Å²) in [6.45, 7) is 2.61. The number of fused-ring (bicyclic) bond motifs is 1. The Bertz CT molecular complexity index is 1100. The Hall–Kier alpha value is -2.34. The van der Waals surface area contributed by atoms with E-state index >= 15 is 0 Å². The van der Waals surface area contributed by atoms with Gasteiger partial charge in [-0.05, 0) is 42.8 Å². The molecule has 0 aliphatic carbocycles. The SMILES string of the molecule is CCOc1ccc(-c2csc3ncnc(Nc4cc(Cl)ccc4Cl)c23)cc1. The molecule has 0 spiro atoms. The number of hydrogen-bond donors (Lipinski definition) is 1. The maximum absolute atomic E-state index is 6.30. The van der Waals surface area contributed by atoms with Gasteiger partial charge in [0.25, 0.3) is 0 Å². The Balaban J connectivity index is 1.78. The van der Waals surface area contributed by atoms with E-state index in [9.17, 15) is 0 Å². The van der Waals surface area contributed by atoms with Crippen molar-refractivity contribution < 1.29 is 4.74 Å². The van der Waals surface area contributed by atoms with E-state index in [0.717, 1.165) is 27.1 Å². The molecule has 27 heavy (non-hydrogen) atoms. The van der Waals surface area contributed by atoms with Gasteiger partial charge >= 0.3 is 0 Å². The van der Waals surface area contributed by atoms with Crippen LogP contribution in [0.25, 0.3) is 21.3 Å². The van der Waals surface area contributed by atoms with E-state index in [1.165, 1.54) is 0 Å². The number of nitrogens with zero attached hydrogens (tertiary/aromatic N) is 2. The van der Waals surface area contributed by atoms with E-state index in [0.29, 0.717) is 28.2 Å². The van der Waals surface area contributed by atoms with Crippen LogP contribution < -0.4 is 10.1 Å². The highest BCUT2D eigenvalue weighted by molar-refractivity contribution is 7.17. The van der Waals surface area contributed by atoms with Crippen LogP contribution in [0.4, 0.5) is 11.5 Å². The second kappa shape index (κ2) is 7.72. The topological polar surface area (TPSA) is 47.0 Å². The summed E-state index contributed by atoms with van der Waals surface area (Å²) < 4.78 is 5.53. The molecule has 0 amide bonds. The maximum atomic E-state index is 6.30. The van der Waals surface area contributed by atoms with Crippen LogP contribution in [0, 0.1) is 0 Å². The second-order valence-corrected chi connectivity index (χ2v) is 7.46. The Morgan fingerprint density at radius 3 is 2.67 bits per heavy atom. The van der Waals surface area contributed by atoms with Gasteiger partial charge in [0.2, 0.25) is 0 Å². The summed E-state index contributed by atoms with van der Waals surface area (Å²) in [7, 11) is 0. The number of benzene rings is 2. The predicted molar refractivity (Wildman–Crippen MR) is 114 cm³/mol. The van der Waals surface area contributed by atoms with Gasteiger partial charge in [-0.3, -0.25) is 0 Å². The molecule has 4 nitrogen and oxygen atoms in total. The Labute approximate surface area is 170 Å². The number of thiophene rings is 1. The fraction of sp³-hybridized carbons (Fsp3) is 0.100. The minimum absolute atomic E-state index is 0.573. The minimum atomic E-state index is 0.573. The molecule has 136 valence electrons. The van der Waals surface area contributed by atoms with Gasteiger partial charge in [-0.2, -0.15) is 0 Å². The number of aromatic nitrogens is 2. The number of nitrogens with one attached hydrogen (secondary N) is 1. The smallest absolute Gasteiger partial charge is 0.143 e. The van der Waals surface area contributed by atoms with E-state index in [4.69, 9.17) is 27.9 Å². The van der Waals surface area contributed by atoms with Crippen LogP contribution in [0.5, 0.6) is 5.75 Å². The van der Waals surface area contributed by atoms with Crippen molar-refractivity contribution in [1.29, 1.82) is 0 Å². The van der Waals surface area contributed by atoms with Crippen molar-refractivity contribution in [2.24, 2.45) is 0 Å². The number of anilines is 2. The highest BCUT2D eigenvalue weighted by atomic mass is 35.5. The summed E-state index contributed by atoms with van der Waals surface area (Å²) in [4.78, 5) is 9.73. The lowest BCUT2D eigenvalue weighted by Gasteiger charge is -2.10. The van der Waals surface area contributed by atoms with E-state index in [-0.39, 0.29) is 0 Å². The molecule has 2 aromatic heterocycles. The molecule has 1 N–H and O–H groups in total. The van der Waals surface area contributed by atoms with E-state index in [1.807, 2.05) is 31.2 Å². The maximum Gasteiger partial charge on any atom is 0.143 e. The van der Waals surface area contributed by atoms with Gasteiger partial charge < -0.3 is 10.1 Å². The molecule has 0 radical (unpaired) electrons. The molecule has 0 unspecified atom stereocenters. The Kier molecular flexibility index (Phi) is 5.16. The van der Waals surface area contributed by atoms with Crippen LogP contribution in [0.15, 0.2) is 54.2 Å². The third-order valence-corrected chi connectivity index (χ3v) is 5.48. The van der Waals surface area contributed by atoms with Crippen molar-refractivity contribution in [2.45, 2.75) is 6.92 Å². The lowest BCUT2D eigenvalue weighted by molar-refractivity contribution is 0.340. The average Bonchev–Trinajstić information content (AvgIpc) is 3.11. The zero-order chi connectivity index (χ0) is 18.8. The molecule has 0 atom stereocenters. The molecule has 0 aliphatic heterocycles. The van der Waals surface area contributed by atoms with E-state index in [2.05, 4.69) is 20.7 Å². The van der Waals surface area contributed by atoms with Gasteiger partial charge in [-0.15, -0.1) is 11.3 Å². The van der Waals surface area contributed by atoms with Gasteiger partial charge in [-0.25, -0.2) is 9.97 Å². The Morgan fingerprint density at radius 2 is 1.89 bits per heavy atom. The van der Waals surface area contributed by atoms with Gasteiger partial charge in [0.15, 0.2) is 0 Å². The van der Waals surface area contributed by atoms with Crippen molar-refractivity contribution in [3.63, 3.8) is 0 Å². The number of rotatable bonds is 5. The van der Waals surface area contributed by atoms with Crippen molar-refractivity contribution in [1.82, 2.24) is 9.97 Å². The van der Waals surface area contributed by atoms with Crippen molar-refractivity contribution in [3.05, 3.63) is 64.2 Å². The molecule has 0 saturated carbocycles. The van der Waals surface area contributed by atoms with Gasteiger partial charge in [0, 0.05) is 16.0 Å². The molecule has 4 aromatic rings. The predicted octanol–water partition coefficient (Wildman–Crippen LogP) is 6.81. The molecular formula is C20H15Cl2N3OS. The summed E-state index contributed by atoms with van der Waals surface area (Å²) >= 11 is 14.0. The molecule has 2 heterocycles. The summed E-state index contributed by atoms with van der Waals surface area (Å²) in [6, 6.07) is 13.3. The number of halogens is 2. The quantitative estimate of drug-likeness (QED) is 0.388. The van der Waals surface area contributed by atoms with Crippen LogP contribution in [0.3, 0.4) is 0 Å². The van der Waals surface area contributed by atoms with Crippen LogP contribution in [0.1, 0.15) is 6.92 Å². The fourth-order valence-electron chi connectivity index (χ4n) is 2.80. The molecule has 0 aliphatic rings. The molecule has 0 saturated heterocycles. The fourth-order valence-corrected chi connectivity index (χ4v) is 4.05. The first-order valence-electron chi connectivity index (χ1n) is 8.33.